The van der Waals surface area contributed by atoms with Gasteiger partial charge in [0, 0.05) is 0 Å². The lowest BCUT2D eigenvalue weighted by Crippen LogP contribution is -2.05. The van der Waals surface area contributed by atoms with Gasteiger partial charge in [0.1, 0.15) is 0 Å². The zero-order valence-electron chi connectivity index (χ0n) is 5.14. The second-order valence-corrected chi connectivity index (χ2v) is 2.67. The molecule has 40 valence electrons. The molecular formula is C6H10B2. The van der Waals surface area contributed by atoms with Crippen LogP contribution in [0.1, 0.15) is 25.7 Å². The lowest BCUT2D eigenvalue weighted by Gasteiger charge is -2.22. The van der Waals surface area contributed by atoms with Gasteiger partial charge in [0.2, 0.25) is 0 Å². The molecule has 0 spiro atoms. The van der Waals surface area contributed by atoms with Crippen LogP contribution in [0.2, 0.25) is 11.6 Å². The Labute approximate surface area is 53.9 Å². The highest BCUT2D eigenvalue weighted by atomic mass is 14.1. The van der Waals surface area contributed by atoms with Crippen LogP contribution in [-0.4, -0.2) is 15.7 Å². The van der Waals surface area contributed by atoms with Crippen LogP contribution in [0, 0.1) is 0 Å². The molecule has 0 aliphatic heterocycles. The van der Waals surface area contributed by atoms with Crippen molar-refractivity contribution in [2.45, 2.75) is 37.3 Å². The Hall–Kier alpha value is 0.130. The third-order valence-corrected chi connectivity index (χ3v) is 1.82. The highest BCUT2D eigenvalue weighted by molar-refractivity contribution is 6.13. The first-order chi connectivity index (χ1) is 3.79. The second kappa shape index (κ2) is 2.61. The van der Waals surface area contributed by atoms with Gasteiger partial charge in [-0.05, 0) is 0 Å². The molecule has 1 aliphatic rings. The Morgan fingerprint density at radius 2 is 1.00 bits per heavy atom. The van der Waals surface area contributed by atoms with Crippen molar-refractivity contribution in [1.29, 1.82) is 0 Å². The molecule has 0 aromatic carbocycles. The predicted octanol–water partition coefficient (Wildman–Crippen LogP) is 1.47. The summed E-state index contributed by atoms with van der Waals surface area (Å²) in [5, 5.41) is 0. The van der Waals surface area contributed by atoms with Crippen LogP contribution < -0.4 is 0 Å². The van der Waals surface area contributed by atoms with Crippen molar-refractivity contribution in [2.24, 2.45) is 0 Å². The number of hydrogen-bond donors (Lipinski definition) is 0. The third-order valence-electron chi connectivity index (χ3n) is 1.82. The molecule has 8 heavy (non-hydrogen) atoms. The average Bonchev–Trinajstić information content (AvgIpc) is 1.77. The van der Waals surface area contributed by atoms with E-state index in [1.165, 1.54) is 0 Å². The summed E-state index contributed by atoms with van der Waals surface area (Å²) in [6.45, 7) is 0. The molecule has 0 amide bonds. The average molecular weight is 104 g/mol. The van der Waals surface area contributed by atoms with E-state index < -0.39 is 0 Å². The van der Waals surface area contributed by atoms with Gasteiger partial charge in [-0.3, -0.25) is 0 Å². The summed E-state index contributed by atoms with van der Waals surface area (Å²) in [7, 11) is 11.3. The first kappa shape index (κ1) is 6.25. The molecular weight excluding hydrogens is 93.7 g/mol. The fourth-order valence-corrected chi connectivity index (χ4v) is 1.14. The summed E-state index contributed by atoms with van der Waals surface area (Å²) < 4.78 is 0. The molecule has 0 unspecified atom stereocenters. The maximum absolute atomic E-state index is 5.64. The van der Waals surface area contributed by atoms with Gasteiger partial charge in [-0.2, -0.15) is 0 Å². The Balaban J connectivity index is 2.19. The maximum atomic E-state index is 5.64. The van der Waals surface area contributed by atoms with Crippen LogP contribution in [0.25, 0.3) is 0 Å². The molecule has 0 heterocycles. The Morgan fingerprint density at radius 1 is 0.750 bits per heavy atom. The molecule has 4 radical (unpaired) electrons. The Kier molecular flexibility index (Phi) is 2.04. The van der Waals surface area contributed by atoms with E-state index in [-0.39, 0.29) is 0 Å². The molecule has 0 atom stereocenters. The van der Waals surface area contributed by atoms with Crippen LogP contribution in [0.5, 0.6) is 0 Å². The van der Waals surface area contributed by atoms with Gasteiger partial charge in [-0.1, -0.05) is 37.3 Å². The first-order valence-corrected chi connectivity index (χ1v) is 3.30. The smallest absolute Gasteiger partial charge is 0.0699 e. The van der Waals surface area contributed by atoms with Crippen molar-refractivity contribution in [1.82, 2.24) is 0 Å². The van der Waals surface area contributed by atoms with Crippen molar-refractivity contribution in [3.63, 3.8) is 0 Å². The van der Waals surface area contributed by atoms with Crippen molar-refractivity contribution >= 4 is 15.7 Å². The molecule has 1 fully saturated rings. The van der Waals surface area contributed by atoms with E-state index in [9.17, 15) is 0 Å². The van der Waals surface area contributed by atoms with Gasteiger partial charge < -0.3 is 0 Å². The minimum absolute atomic E-state index is 0.440. The molecule has 0 aromatic heterocycles. The van der Waals surface area contributed by atoms with E-state index in [1.807, 2.05) is 0 Å². The van der Waals surface area contributed by atoms with Crippen LogP contribution in [0.3, 0.4) is 0 Å². The van der Waals surface area contributed by atoms with Gasteiger partial charge in [-0.15, -0.1) is 0 Å². The second-order valence-electron chi connectivity index (χ2n) is 2.67. The molecule has 0 N–H and O–H groups in total. The van der Waals surface area contributed by atoms with E-state index in [4.69, 9.17) is 15.7 Å². The third kappa shape index (κ3) is 1.57. The maximum Gasteiger partial charge on any atom is 0.0699 e. The molecule has 1 rings (SSSR count). The SMILES string of the molecule is [B]C1CCC([B])CC1. The molecule has 0 bridgehead atoms. The fourth-order valence-electron chi connectivity index (χ4n) is 1.14. The van der Waals surface area contributed by atoms with Crippen molar-refractivity contribution in [3.8, 4) is 0 Å². The first-order valence-electron chi connectivity index (χ1n) is 3.30. The molecule has 0 saturated heterocycles. The van der Waals surface area contributed by atoms with Gasteiger partial charge in [-0.25, -0.2) is 0 Å². The normalized spacial score (nSPS) is 39.5. The lowest BCUT2D eigenvalue weighted by molar-refractivity contribution is 0.504. The fraction of sp³-hybridized carbons (Fsp3) is 1.00. The summed E-state index contributed by atoms with van der Waals surface area (Å²) in [5.74, 6) is 0.879. The summed E-state index contributed by atoms with van der Waals surface area (Å²) >= 11 is 0. The monoisotopic (exact) mass is 104 g/mol. The quantitative estimate of drug-likeness (QED) is 0.408. The summed E-state index contributed by atoms with van der Waals surface area (Å²) in [4.78, 5) is 0. The summed E-state index contributed by atoms with van der Waals surface area (Å²) in [6, 6.07) is 0. The van der Waals surface area contributed by atoms with Crippen molar-refractivity contribution < 1.29 is 0 Å². The molecule has 0 aromatic rings. The van der Waals surface area contributed by atoms with Gasteiger partial charge in [0.15, 0.2) is 0 Å². The Bertz CT molecular complexity index is 54.9. The zero-order valence-corrected chi connectivity index (χ0v) is 5.14. The zero-order chi connectivity index (χ0) is 5.98. The predicted molar refractivity (Wildman–Crippen MR) is 37.5 cm³/mol. The molecule has 2 heteroatoms. The van der Waals surface area contributed by atoms with Crippen LogP contribution in [-0.2, 0) is 0 Å². The van der Waals surface area contributed by atoms with Crippen LogP contribution in [0.15, 0.2) is 0 Å². The minimum atomic E-state index is 0.440. The van der Waals surface area contributed by atoms with Crippen molar-refractivity contribution in [2.75, 3.05) is 0 Å². The van der Waals surface area contributed by atoms with Gasteiger partial charge >= 0.3 is 0 Å². The van der Waals surface area contributed by atoms with E-state index in [1.54, 1.807) is 0 Å². The van der Waals surface area contributed by atoms with E-state index >= 15 is 0 Å². The van der Waals surface area contributed by atoms with E-state index in [2.05, 4.69) is 0 Å². The highest BCUT2D eigenvalue weighted by Gasteiger charge is 2.12. The van der Waals surface area contributed by atoms with Crippen molar-refractivity contribution in [3.05, 3.63) is 0 Å². The van der Waals surface area contributed by atoms with E-state index in [0.29, 0.717) is 11.6 Å². The van der Waals surface area contributed by atoms with Gasteiger partial charge in [0.05, 0.1) is 15.7 Å². The molecule has 1 aliphatic carbocycles. The summed E-state index contributed by atoms with van der Waals surface area (Å²) in [6.07, 6.45) is 4.50. The summed E-state index contributed by atoms with van der Waals surface area (Å²) in [5.41, 5.74) is 0. The molecule has 1 saturated carbocycles. The van der Waals surface area contributed by atoms with E-state index in [0.717, 1.165) is 25.7 Å². The molecule has 0 nitrogen and oxygen atoms in total. The number of rotatable bonds is 0. The number of hydrogen-bond acceptors (Lipinski definition) is 0. The van der Waals surface area contributed by atoms with Gasteiger partial charge in [0.25, 0.3) is 0 Å². The largest absolute Gasteiger partial charge is 0.0774 e. The standard InChI is InChI=1S/C6H10B2/c7-5-1-2-6(8)4-3-5/h5-6H,1-4H2. The topological polar surface area (TPSA) is 0 Å². The van der Waals surface area contributed by atoms with Crippen LogP contribution in [0.4, 0.5) is 0 Å². The minimum Gasteiger partial charge on any atom is -0.0774 e. The Morgan fingerprint density at radius 3 is 1.25 bits per heavy atom. The highest BCUT2D eigenvalue weighted by Crippen LogP contribution is 2.31. The lowest BCUT2D eigenvalue weighted by atomic mass is 9.66. The van der Waals surface area contributed by atoms with Crippen LogP contribution >= 0.6 is 0 Å².